The summed E-state index contributed by atoms with van der Waals surface area (Å²) in [4.78, 5) is 30.3. The van der Waals surface area contributed by atoms with Gasteiger partial charge in [-0.25, -0.2) is 14.7 Å². The number of aromatic nitrogens is 4. The van der Waals surface area contributed by atoms with Crippen LogP contribution >= 0.6 is 0 Å². The second-order valence-corrected chi connectivity index (χ2v) is 11.7. The summed E-state index contributed by atoms with van der Waals surface area (Å²) < 4.78 is 6.73. The lowest BCUT2D eigenvalue weighted by Crippen LogP contribution is -2.50. The number of rotatable bonds is 11. The number of hydrogen-bond donors (Lipinski definition) is 5. The van der Waals surface area contributed by atoms with E-state index in [0.717, 1.165) is 43.6 Å². The standard InChI is InChI=1S/C33H42N8O5/c1-3-39-17-15-23(16-18-39)36-33-37-29(34-19-24(21-11-7-5-8-12-21)22-13-9-6-10-14-22)25-30(38-33)41(20-35-25)40(4-2)31(44)28-26(42)27(43)32(45)46-28/h5-14,20,23-24,26-28,32,42-43,45H,3-4,15-19H2,1-2H3,(H2,34,36,37,38)/t26-,27+,28-,32+/m0/s1. The van der Waals surface area contributed by atoms with Crippen LogP contribution in [0.3, 0.4) is 0 Å². The largest absolute Gasteiger partial charge is 0.387 e. The highest BCUT2D eigenvalue weighted by Gasteiger charge is 2.47. The molecular formula is C33H42N8O5. The molecule has 13 nitrogen and oxygen atoms in total. The summed E-state index contributed by atoms with van der Waals surface area (Å²) in [5.74, 6) is 0.305. The molecule has 4 aromatic rings. The van der Waals surface area contributed by atoms with Gasteiger partial charge in [-0.05, 0) is 37.4 Å². The van der Waals surface area contributed by atoms with Crippen LogP contribution in [0, 0.1) is 0 Å². The Morgan fingerprint density at radius 1 is 0.978 bits per heavy atom. The number of carbonyl (C=O) groups is 1. The first-order valence-electron chi connectivity index (χ1n) is 16.0. The number of aliphatic hydroxyl groups is 3. The molecule has 2 aromatic carbocycles. The molecule has 2 fully saturated rings. The van der Waals surface area contributed by atoms with Crippen molar-refractivity contribution in [2.45, 2.75) is 63.3 Å². The zero-order chi connectivity index (χ0) is 32.2. The fourth-order valence-corrected chi connectivity index (χ4v) is 6.25. The molecule has 0 unspecified atom stereocenters. The van der Waals surface area contributed by atoms with Crippen molar-refractivity contribution >= 4 is 28.8 Å². The van der Waals surface area contributed by atoms with Gasteiger partial charge in [0, 0.05) is 38.1 Å². The summed E-state index contributed by atoms with van der Waals surface area (Å²) in [6.07, 6.45) is -2.93. The van der Waals surface area contributed by atoms with Crippen LogP contribution in [-0.2, 0) is 9.53 Å². The molecule has 2 aliphatic rings. The molecular weight excluding hydrogens is 588 g/mol. The molecule has 0 aliphatic carbocycles. The number of fused-ring (bicyclic) bond motifs is 1. The van der Waals surface area contributed by atoms with Crippen molar-refractivity contribution < 1.29 is 24.9 Å². The number of piperidine rings is 1. The number of nitrogens with zero attached hydrogens (tertiary/aromatic N) is 6. The van der Waals surface area contributed by atoms with E-state index in [4.69, 9.17) is 14.7 Å². The molecule has 2 saturated heterocycles. The van der Waals surface area contributed by atoms with E-state index in [1.54, 1.807) is 6.92 Å². The summed E-state index contributed by atoms with van der Waals surface area (Å²) in [7, 11) is 0. The van der Waals surface area contributed by atoms with Crippen LogP contribution in [0.4, 0.5) is 11.8 Å². The molecule has 0 bridgehead atoms. The van der Waals surface area contributed by atoms with Crippen molar-refractivity contribution in [3.63, 3.8) is 0 Å². The van der Waals surface area contributed by atoms with Gasteiger partial charge in [-0.2, -0.15) is 9.97 Å². The number of amides is 1. The number of anilines is 2. The van der Waals surface area contributed by atoms with Crippen LogP contribution in [0.1, 0.15) is 43.7 Å². The van der Waals surface area contributed by atoms with Gasteiger partial charge in [0.15, 0.2) is 29.4 Å². The molecule has 46 heavy (non-hydrogen) atoms. The second-order valence-electron chi connectivity index (χ2n) is 11.7. The Balaban J connectivity index is 1.35. The van der Waals surface area contributed by atoms with E-state index in [9.17, 15) is 20.1 Å². The Morgan fingerprint density at radius 2 is 1.63 bits per heavy atom. The molecule has 4 atom stereocenters. The van der Waals surface area contributed by atoms with Gasteiger partial charge in [0.25, 0.3) is 5.91 Å². The van der Waals surface area contributed by atoms with Crippen molar-refractivity contribution in [1.29, 1.82) is 0 Å². The highest BCUT2D eigenvalue weighted by Crippen LogP contribution is 2.29. The zero-order valence-electron chi connectivity index (χ0n) is 26.1. The second kappa shape index (κ2) is 14.1. The summed E-state index contributed by atoms with van der Waals surface area (Å²) in [6, 6.07) is 20.7. The Labute approximate surface area is 267 Å². The van der Waals surface area contributed by atoms with Gasteiger partial charge in [0.1, 0.15) is 18.5 Å². The third-order valence-electron chi connectivity index (χ3n) is 8.92. The Hall–Kier alpha value is -4.14. The fourth-order valence-electron chi connectivity index (χ4n) is 6.25. The molecule has 1 amide bonds. The van der Waals surface area contributed by atoms with Gasteiger partial charge in [0.2, 0.25) is 5.95 Å². The van der Waals surface area contributed by atoms with E-state index in [1.165, 1.54) is 16.0 Å². The number of likely N-dealkylation sites (N-methyl/N-ethyl adjacent to an activating group) is 1. The SMILES string of the molecule is CCN1CCC(Nc2nc(NCC(c3ccccc3)c3ccccc3)c3ncn(N(CC)C(=O)[C@H]4O[C@@H](O)[C@H](O)[C@@H]4O)c3n2)CC1. The number of benzene rings is 2. The lowest BCUT2D eigenvalue weighted by Gasteiger charge is -2.31. The molecule has 6 rings (SSSR count). The highest BCUT2D eigenvalue weighted by atomic mass is 16.6. The quantitative estimate of drug-likeness (QED) is 0.165. The van der Waals surface area contributed by atoms with Gasteiger partial charge in [-0.3, -0.25) is 4.79 Å². The maximum Gasteiger partial charge on any atom is 0.273 e. The maximum atomic E-state index is 13.6. The van der Waals surface area contributed by atoms with E-state index < -0.39 is 30.5 Å². The van der Waals surface area contributed by atoms with Gasteiger partial charge in [-0.15, -0.1) is 0 Å². The Bertz CT molecular complexity index is 1560. The predicted octanol–water partition coefficient (Wildman–Crippen LogP) is 1.89. The molecule has 2 aliphatic heterocycles. The monoisotopic (exact) mass is 630 g/mol. The van der Waals surface area contributed by atoms with Crippen molar-refractivity contribution in [2.75, 3.05) is 48.4 Å². The summed E-state index contributed by atoms with van der Waals surface area (Å²) in [6.45, 7) is 7.61. The van der Waals surface area contributed by atoms with Crippen LogP contribution in [-0.4, -0.2) is 109 Å². The van der Waals surface area contributed by atoms with Crippen LogP contribution in [0.5, 0.6) is 0 Å². The number of nitrogens with one attached hydrogen (secondary N) is 2. The first-order chi connectivity index (χ1) is 22.4. The van der Waals surface area contributed by atoms with E-state index in [1.807, 2.05) is 36.4 Å². The smallest absolute Gasteiger partial charge is 0.273 e. The predicted molar refractivity (Wildman–Crippen MR) is 174 cm³/mol. The molecule has 5 N–H and O–H groups in total. The molecule has 244 valence electrons. The van der Waals surface area contributed by atoms with Crippen LogP contribution in [0.25, 0.3) is 11.2 Å². The average molecular weight is 631 g/mol. The molecule has 4 heterocycles. The van der Waals surface area contributed by atoms with E-state index >= 15 is 0 Å². The minimum absolute atomic E-state index is 0.0249. The molecule has 2 aromatic heterocycles. The number of imidazole rings is 1. The van der Waals surface area contributed by atoms with Crippen LogP contribution in [0.15, 0.2) is 67.0 Å². The maximum absolute atomic E-state index is 13.6. The van der Waals surface area contributed by atoms with Crippen molar-refractivity contribution in [2.24, 2.45) is 0 Å². The zero-order valence-corrected chi connectivity index (χ0v) is 26.1. The lowest BCUT2D eigenvalue weighted by atomic mass is 9.91. The van der Waals surface area contributed by atoms with Crippen LogP contribution < -0.4 is 15.6 Å². The summed E-state index contributed by atoms with van der Waals surface area (Å²) in [5.41, 5.74) is 3.15. The van der Waals surface area contributed by atoms with Gasteiger partial charge < -0.3 is 35.6 Å². The number of likely N-dealkylation sites (tertiary alicyclic amines) is 1. The third kappa shape index (κ3) is 6.55. The highest BCUT2D eigenvalue weighted by molar-refractivity contribution is 5.93. The molecule has 0 spiro atoms. The Morgan fingerprint density at radius 3 is 2.20 bits per heavy atom. The van der Waals surface area contributed by atoms with Crippen molar-refractivity contribution in [3.05, 3.63) is 78.1 Å². The minimum Gasteiger partial charge on any atom is -0.387 e. The Kier molecular flexibility index (Phi) is 9.75. The van der Waals surface area contributed by atoms with Gasteiger partial charge >= 0.3 is 0 Å². The minimum atomic E-state index is -1.67. The number of hydrogen-bond acceptors (Lipinski definition) is 11. The third-order valence-corrected chi connectivity index (χ3v) is 8.92. The van der Waals surface area contributed by atoms with Crippen molar-refractivity contribution in [3.8, 4) is 0 Å². The van der Waals surface area contributed by atoms with Crippen LogP contribution in [0.2, 0.25) is 0 Å². The first kappa shape index (κ1) is 31.8. The molecule has 0 saturated carbocycles. The molecule has 0 radical (unpaired) electrons. The van der Waals surface area contributed by atoms with Gasteiger partial charge in [0.05, 0.1) is 0 Å². The fraction of sp³-hybridized carbons (Fsp3) is 0.455. The van der Waals surface area contributed by atoms with E-state index in [0.29, 0.717) is 29.5 Å². The summed E-state index contributed by atoms with van der Waals surface area (Å²) in [5, 5.41) is 38.7. The number of carbonyl (C=O) groups excluding carboxylic acids is 1. The number of aliphatic hydroxyl groups excluding tert-OH is 3. The lowest BCUT2D eigenvalue weighted by molar-refractivity contribution is -0.150. The topological polar surface area (TPSA) is 161 Å². The first-order valence-corrected chi connectivity index (χ1v) is 16.0. The number of ether oxygens (including phenoxy) is 1. The normalized spacial score (nSPS) is 22.4. The van der Waals surface area contributed by atoms with E-state index in [2.05, 4.69) is 51.7 Å². The summed E-state index contributed by atoms with van der Waals surface area (Å²) >= 11 is 0. The van der Waals surface area contributed by atoms with Gasteiger partial charge in [-0.1, -0.05) is 67.6 Å². The molecule has 13 heteroatoms. The van der Waals surface area contributed by atoms with Crippen molar-refractivity contribution in [1.82, 2.24) is 24.5 Å². The van der Waals surface area contributed by atoms with E-state index in [-0.39, 0.29) is 18.5 Å². The average Bonchev–Trinajstić information content (AvgIpc) is 3.62.